The number of amides is 1. The molecule has 2 aliphatic rings. The molecule has 132 valence electrons. The van der Waals surface area contributed by atoms with Crippen LogP contribution in [0.4, 0.5) is 5.95 Å². The zero-order chi connectivity index (χ0) is 16.9. The number of carbonyl (C=O) groups excluding carboxylic acids is 1. The van der Waals surface area contributed by atoms with Gasteiger partial charge >= 0.3 is 0 Å². The van der Waals surface area contributed by atoms with Crippen molar-refractivity contribution >= 4 is 11.9 Å². The van der Waals surface area contributed by atoms with Crippen molar-refractivity contribution in [2.24, 2.45) is 5.92 Å². The minimum atomic E-state index is 0.270. The first kappa shape index (κ1) is 17.1. The molecule has 2 aliphatic heterocycles. The van der Waals surface area contributed by atoms with Crippen molar-refractivity contribution in [3.05, 3.63) is 18.0 Å². The lowest BCUT2D eigenvalue weighted by Crippen LogP contribution is -2.49. The summed E-state index contributed by atoms with van der Waals surface area (Å²) in [5.41, 5.74) is 1.12. The number of likely N-dealkylation sites (tertiary alicyclic amines) is 1. The number of anilines is 1. The summed E-state index contributed by atoms with van der Waals surface area (Å²) >= 11 is 0. The zero-order valence-electron chi connectivity index (χ0n) is 14.9. The smallest absolute Gasteiger partial charge is 0.225 e. The van der Waals surface area contributed by atoms with E-state index in [4.69, 9.17) is 0 Å². The Balaban J connectivity index is 1.48. The first-order valence-corrected chi connectivity index (χ1v) is 9.24. The molecule has 2 fully saturated rings. The van der Waals surface area contributed by atoms with Gasteiger partial charge in [0.05, 0.1) is 0 Å². The molecule has 1 aromatic heterocycles. The van der Waals surface area contributed by atoms with Crippen molar-refractivity contribution < 1.29 is 4.79 Å². The van der Waals surface area contributed by atoms with Gasteiger partial charge in [-0.2, -0.15) is 0 Å². The van der Waals surface area contributed by atoms with Crippen LogP contribution in [0.25, 0.3) is 0 Å². The summed E-state index contributed by atoms with van der Waals surface area (Å²) in [6.45, 7) is 8.81. The SMILES string of the molecule is CCC(=O)N1CC[C@H](NCc2cnc(N3CCCC3)nc2)[C@H](C)C1. The Morgan fingerprint density at radius 1 is 1.25 bits per heavy atom. The average molecular weight is 331 g/mol. The highest BCUT2D eigenvalue weighted by molar-refractivity contribution is 5.75. The summed E-state index contributed by atoms with van der Waals surface area (Å²) < 4.78 is 0. The van der Waals surface area contributed by atoms with Gasteiger partial charge in [-0.3, -0.25) is 4.79 Å². The molecule has 0 aliphatic carbocycles. The van der Waals surface area contributed by atoms with Crippen LogP contribution in [-0.4, -0.2) is 53.0 Å². The minimum absolute atomic E-state index is 0.270. The van der Waals surface area contributed by atoms with E-state index < -0.39 is 0 Å². The number of hydrogen-bond donors (Lipinski definition) is 1. The largest absolute Gasteiger partial charge is 0.342 e. The number of carbonyl (C=O) groups is 1. The maximum absolute atomic E-state index is 11.8. The lowest BCUT2D eigenvalue weighted by atomic mass is 9.93. The van der Waals surface area contributed by atoms with Gasteiger partial charge in [-0.1, -0.05) is 13.8 Å². The van der Waals surface area contributed by atoms with E-state index >= 15 is 0 Å². The first-order valence-electron chi connectivity index (χ1n) is 9.24. The molecule has 2 saturated heterocycles. The van der Waals surface area contributed by atoms with E-state index in [2.05, 4.69) is 27.1 Å². The Kier molecular flexibility index (Phi) is 5.66. The predicted molar refractivity (Wildman–Crippen MR) is 94.8 cm³/mol. The number of piperidine rings is 1. The molecule has 0 unspecified atom stereocenters. The predicted octanol–water partition coefficient (Wildman–Crippen LogP) is 1.81. The van der Waals surface area contributed by atoms with Crippen LogP contribution in [0.3, 0.4) is 0 Å². The highest BCUT2D eigenvalue weighted by Gasteiger charge is 2.27. The first-order chi connectivity index (χ1) is 11.7. The normalized spacial score (nSPS) is 24.4. The fourth-order valence-corrected chi connectivity index (χ4v) is 3.67. The molecule has 0 aromatic carbocycles. The maximum atomic E-state index is 11.8. The van der Waals surface area contributed by atoms with Crippen LogP contribution >= 0.6 is 0 Å². The van der Waals surface area contributed by atoms with Crippen molar-refractivity contribution in [1.82, 2.24) is 20.2 Å². The van der Waals surface area contributed by atoms with Gasteiger partial charge in [0.15, 0.2) is 0 Å². The van der Waals surface area contributed by atoms with E-state index in [0.717, 1.165) is 50.7 Å². The van der Waals surface area contributed by atoms with Gasteiger partial charge in [-0.15, -0.1) is 0 Å². The van der Waals surface area contributed by atoms with Gasteiger partial charge in [0.2, 0.25) is 11.9 Å². The third-order valence-electron chi connectivity index (χ3n) is 5.21. The Morgan fingerprint density at radius 3 is 2.58 bits per heavy atom. The van der Waals surface area contributed by atoms with Gasteiger partial charge in [-0.05, 0) is 25.2 Å². The topological polar surface area (TPSA) is 61.4 Å². The Bertz CT molecular complexity index is 541. The second-order valence-corrected chi connectivity index (χ2v) is 7.03. The number of aromatic nitrogens is 2. The van der Waals surface area contributed by atoms with Gasteiger partial charge in [0.25, 0.3) is 0 Å². The second-order valence-electron chi connectivity index (χ2n) is 7.03. The van der Waals surface area contributed by atoms with Crippen LogP contribution in [0.15, 0.2) is 12.4 Å². The van der Waals surface area contributed by atoms with Crippen LogP contribution in [-0.2, 0) is 11.3 Å². The van der Waals surface area contributed by atoms with Crippen LogP contribution < -0.4 is 10.2 Å². The van der Waals surface area contributed by atoms with Crippen LogP contribution in [0.1, 0.15) is 45.1 Å². The molecule has 24 heavy (non-hydrogen) atoms. The molecular weight excluding hydrogens is 302 g/mol. The summed E-state index contributed by atoms with van der Waals surface area (Å²) in [6, 6.07) is 0.448. The Morgan fingerprint density at radius 2 is 1.96 bits per heavy atom. The summed E-state index contributed by atoms with van der Waals surface area (Å²) in [4.78, 5) is 25.1. The van der Waals surface area contributed by atoms with Gasteiger partial charge in [0, 0.05) is 63.1 Å². The van der Waals surface area contributed by atoms with Crippen LogP contribution in [0, 0.1) is 5.92 Å². The molecule has 1 amide bonds. The highest BCUT2D eigenvalue weighted by atomic mass is 16.2. The summed E-state index contributed by atoms with van der Waals surface area (Å²) in [5, 5.41) is 3.62. The molecule has 0 spiro atoms. The molecule has 6 nitrogen and oxygen atoms in total. The Hall–Kier alpha value is -1.69. The third-order valence-corrected chi connectivity index (χ3v) is 5.21. The van der Waals surface area contributed by atoms with Gasteiger partial charge in [0.1, 0.15) is 0 Å². The second kappa shape index (κ2) is 7.92. The molecule has 2 atom stereocenters. The van der Waals surface area contributed by atoms with Crippen LogP contribution in [0.2, 0.25) is 0 Å². The lowest BCUT2D eigenvalue weighted by molar-refractivity contribution is -0.132. The molecule has 0 bridgehead atoms. The van der Waals surface area contributed by atoms with Crippen LogP contribution in [0.5, 0.6) is 0 Å². The highest BCUT2D eigenvalue weighted by Crippen LogP contribution is 2.18. The number of nitrogens with zero attached hydrogens (tertiary/aromatic N) is 4. The maximum Gasteiger partial charge on any atom is 0.225 e. The third kappa shape index (κ3) is 4.04. The standard InChI is InChI=1S/C18H29N5O/c1-3-17(24)23-9-6-16(14(2)13-23)19-10-15-11-20-18(21-12-15)22-7-4-5-8-22/h11-12,14,16,19H,3-10,13H2,1-2H3/t14-,16+/m1/s1. The van der Waals surface area contributed by atoms with E-state index in [0.29, 0.717) is 18.4 Å². The minimum Gasteiger partial charge on any atom is -0.342 e. The fraction of sp³-hybridized carbons (Fsp3) is 0.722. The molecule has 0 radical (unpaired) electrons. The van der Waals surface area contributed by atoms with E-state index in [-0.39, 0.29) is 5.91 Å². The molecule has 0 saturated carbocycles. The van der Waals surface area contributed by atoms with E-state index in [1.807, 2.05) is 24.2 Å². The number of nitrogens with one attached hydrogen (secondary N) is 1. The molecule has 1 N–H and O–H groups in total. The fourth-order valence-electron chi connectivity index (χ4n) is 3.67. The number of hydrogen-bond acceptors (Lipinski definition) is 5. The van der Waals surface area contributed by atoms with Gasteiger partial charge < -0.3 is 15.1 Å². The quantitative estimate of drug-likeness (QED) is 0.892. The van der Waals surface area contributed by atoms with E-state index in [9.17, 15) is 4.79 Å². The van der Waals surface area contributed by atoms with Crippen molar-refractivity contribution in [2.45, 2.75) is 52.1 Å². The van der Waals surface area contributed by atoms with Crippen molar-refractivity contribution in [2.75, 3.05) is 31.1 Å². The average Bonchev–Trinajstić information content (AvgIpc) is 3.15. The summed E-state index contributed by atoms with van der Waals surface area (Å²) in [6.07, 6.45) is 7.97. The van der Waals surface area contributed by atoms with Crippen molar-refractivity contribution in [3.8, 4) is 0 Å². The number of rotatable bonds is 5. The molecule has 6 heteroatoms. The molecule has 3 heterocycles. The van der Waals surface area contributed by atoms with Crippen molar-refractivity contribution in [3.63, 3.8) is 0 Å². The van der Waals surface area contributed by atoms with E-state index in [1.165, 1.54) is 12.8 Å². The van der Waals surface area contributed by atoms with E-state index in [1.54, 1.807) is 0 Å². The molecular formula is C18H29N5O. The Labute approximate surface area is 144 Å². The van der Waals surface area contributed by atoms with Gasteiger partial charge in [-0.25, -0.2) is 9.97 Å². The molecule has 3 rings (SSSR count). The molecule has 1 aromatic rings. The van der Waals surface area contributed by atoms with Crippen molar-refractivity contribution in [1.29, 1.82) is 0 Å². The summed E-state index contributed by atoms with van der Waals surface area (Å²) in [7, 11) is 0. The lowest BCUT2D eigenvalue weighted by Gasteiger charge is -2.37. The summed E-state index contributed by atoms with van der Waals surface area (Å²) in [5.74, 6) is 1.60. The zero-order valence-corrected chi connectivity index (χ0v) is 14.9. The monoisotopic (exact) mass is 331 g/mol.